The molecule has 2 aromatic carbocycles. The molecule has 0 saturated heterocycles. The Bertz CT molecular complexity index is 930. The SMILES string of the molecule is Cc1ccc(-c2nnc3n2N=C(c2ccccc2O)[C@H](C)S3)cc1. The minimum Gasteiger partial charge on any atom is -0.507 e. The van der Waals surface area contributed by atoms with Crippen molar-refractivity contribution in [1.29, 1.82) is 0 Å². The van der Waals surface area contributed by atoms with Gasteiger partial charge in [-0.3, -0.25) is 0 Å². The third-order valence-electron chi connectivity index (χ3n) is 3.98. The quantitative estimate of drug-likeness (QED) is 0.775. The summed E-state index contributed by atoms with van der Waals surface area (Å²) < 4.78 is 1.76. The van der Waals surface area contributed by atoms with Crippen LogP contribution in [0.2, 0.25) is 0 Å². The van der Waals surface area contributed by atoms with Gasteiger partial charge in [0.05, 0.1) is 11.0 Å². The Morgan fingerprint density at radius 2 is 1.79 bits per heavy atom. The average molecular weight is 336 g/mol. The highest BCUT2D eigenvalue weighted by atomic mass is 32.2. The Balaban J connectivity index is 1.85. The predicted molar refractivity (Wildman–Crippen MR) is 95.6 cm³/mol. The Labute approximate surface area is 144 Å². The number of hydrogen-bond donors (Lipinski definition) is 1. The fourth-order valence-electron chi connectivity index (χ4n) is 2.68. The molecule has 1 atom stereocenters. The lowest BCUT2D eigenvalue weighted by Crippen LogP contribution is -2.21. The molecule has 24 heavy (non-hydrogen) atoms. The summed E-state index contributed by atoms with van der Waals surface area (Å²) in [5, 5.41) is 24.3. The summed E-state index contributed by atoms with van der Waals surface area (Å²) in [5.74, 6) is 0.939. The molecule has 0 bridgehead atoms. The van der Waals surface area contributed by atoms with Gasteiger partial charge in [0.25, 0.3) is 0 Å². The van der Waals surface area contributed by atoms with Crippen molar-refractivity contribution < 1.29 is 5.11 Å². The van der Waals surface area contributed by atoms with Crippen LogP contribution in [0.15, 0.2) is 58.8 Å². The minimum absolute atomic E-state index is 0.0841. The van der Waals surface area contributed by atoms with Gasteiger partial charge < -0.3 is 5.11 Å². The molecule has 1 aromatic heterocycles. The highest BCUT2D eigenvalue weighted by Gasteiger charge is 2.27. The maximum absolute atomic E-state index is 10.2. The highest BCUT2D eigenvalue weighted by Crippen LogP contribution is 2.34. The van der Waals surface area contributed by atoms with E-state index in [4.69, 9.17) is 5.10 Å². The molecule has 0 unspecified atom stereocenters. The van der Waals surface area contributed by atoms with Crippen LogP contribution in [-0.2, 0) is 0 Å². The molecule has 5 nitrogen and oxygen atoms in total. The molecule has 1 aliphatic rings. The Morgan fingerprint density at radius 3 is 2.54 bits per heavy atom. The summed E-state index contributed by atoms with van der Waals surface area (Å²) in [6.45, 7) is 4.11. The fraction of sp³-hybridized carbons (Fsp3) is 0.167. The lowest BCUT2D eigenvalue weighted by Gasteiger charge is -2.20. The van der Waals surface area contributed by atoms with Gasteiger partial charge in [-0.15, -0.1) is 10.2 Å². The van der Waals surface area contributed by atoms with Crippen molar-refractivity contribution in [2.45, 2.75) is 24.3 Å². The van der Waals surface area contributed by atoms with E-state index < -0.39 is 0 Å². The van der Waals surface area contributed by atoms with Crippen LogP contribution in [0.5, 0.6) is 5.75 Å². The zero-order valence-electron chi connectivity index (χ0n) is 13.3. The number of aryl methyl sites for hydroxylation is 1. The fourth-order valence-corrected chi connectivity index (χ4v) is 3.59. The van der Waals surface area contributed by atoms with Crippen LogP contribution in [0.1, 0.15) is 18.1 Å². The summed E-state index contributed by atoms with van der Waals surface area (Å²) in [4.78, 5) is 0. The standard InChI is InChI=1S/C18H16N4OS/c1-11-7-9-13(10-8-11)17-19-20-18-22(17)21-16(12(2)24-18)14-5-3-4-6-15(14)23/h3-10,12,23H,1-2H3/t12-/m0/s1. The van der Waals surface area contributed by atoms with Crippen LogP contribution in [0.4, 0.5) is 0 Å². The second-order valence-corrected chi connectivity index (χ2v) is 7.05. The van der Waals surface area contributed by atoms with Crippen LogP contribution in [-0.4, -0.2) is 30.9 Å². The first-order valence-electron chi connectivity index (χ1n) is 7.70. The Hall–Kier alpha value is -2.60. The van der Waals surface area contributed by atoms with Crippen LogP contribution in [0, 0.1) is 6.92 Å². The zero-order valence-corrected chi connectivity index (χ0v) is 14.2. The van der Waals surface area contributed by atoms with Crippen molar-refractivity contribution in [3.8, 4) is 17.1 Å². The van der Waals surface area contributed by atoms with Crippen molar-refractivity contribution in [3.63, 3.8) is 0 Å². The number of phenolic OH excluding ortho intramolecular Hbond substituents is 1. The van der Waals surface area contributed by atoms with Crippen molar-refractivity contribution in [2.24, 2.45) is 5.10 Å². The van der Waals surface area contributed by atoms with E-state index in [-0.39, 0.29) is 11.0 Å². The van der Waals surface area contributed by atoms with Gasteiger partial charge in [0, 0.05) is 11.1 Å². The largest absolute Gasteiger partial charge is 0.507 e. The monoisotopic (exact) mass is 336 g/mol. The van der Waals surface area contributed by atoms with Crippen LogP contribution < -0.4 is 0 Å². The first-order chi connectivity index (χ1) is 11.6. The maximum Gasteiger partial charge on any atom is 0.213 e. The third kappa shape index (κ3) is 2.49. The molecule has 3 aromatic rings. The van der Waals surface area contributed by atoms with Gasteiger partial charge in [0.15, 0.2) is 5.82 Å². The number of aromatic nitrogens is 3. The van der Waals surface area contributed by atoms with E-state index in [1.54, 1.807) is 22.5 Å². The van der Waals surface area contributed by atoms with Crippen molar-refractivity contribution in [3.05, 3.63) is 59.7 Å². The van der Waals surface area contributed by atoms with Crippen LogP contribution >= 0.6 is 11.8 Å². The van der Waals surface area contributed by atoms with Crippen LogP contribution in [0.3, 0.4) is 0 Å². The number of rotatable bonds is 2. The summed E-state index contributed by atoms with van der Waals surface area (Å²) in [5.41, 5.74) is 3.72. The maximum atomic E-state index is 10.2. The number of thioether (sulfide) groups is 1. The van der Waals surface area contributed by atoms with E-state index in [1.807, 2.05) is 42.5 Å². The van der Waals surface area contributed by atoms with Crippen molar-refractivity contribution >= 4 is 17.5 Å². The van der Waals surface area contributed by atoms with Gasteiger partial charge >= 0.3 is 0 Å². The minimum atomic E-state index is 0.0841. The van der Waals surface area contributed by atoms with Gasteiger partial charge in [-0.05, 0) is 26.0 Å². The molecule has 0 spiro atoms. The van der Waals surface area contributed by atoms with E-state index in [2.05, 4.69) is 24.0 Å². The second-order valence-electron chi connectivity index (χ2n) is 5.75. The van der Waals surface area contributed by atoms with Gasteiger partial charge in [-0.1, -0.05) is 53.7 Å². The number of fused-ring (bicyclic) bond motifs is 1. The number of phenols is 1. The average Bonchev–Trinajstić information content (AvgIpc) is 2.98. The number of para-hydroxylation sites is 1. The van der Waals surface area contributed by atoms with E-state index in [0.717, 1.165) is 22.0 Å². The van der Waals surface area contributed by atoms with Crippen molar-refractivity contribution in [2.75, 3.05) is 0 Å². The smallest absolute Gasteiger partial charge is 0.213 e. The van der Waals surface area contributed by atoms with E-state index in [1.165, 1.54) is 5.56 Å². The summed E-state index contributed by atoms with van der Waals surface area (Å²) in [6.07, 6.45) is 0. The summed E-state index contributed by atoms with van der Waals surface area (Å²) in [6, 6.07) is 15.4. The van der Waals surface area contributed by atoms with Gasteiger partial charge in [0.1, 0.15) is 5.75 Å². The van der Waals surface area contributed by atoms with Gasteiger partial charge in [0.2, 0.25) is 5.16 Å². The Morgan fingerprint density at radius 1 is 1.04 bits per heavy atom. The molecular weight excluding hydrogens is 320 g/mol. The van der Waals surface area contributed by atoms with E-state index >= 15 is 0 Å². The molecule has 1 aliphatic heterocycles. The summed E-state index contributed by atoms with van der Waals surface area (Å²) in [7, 11) is 0. The summed E-state index contributed by atoms with van der Waals surface area (Å²) >= 11 is 1.59. The van der Waals surface area contributed by atoms with E-state index in [0.29, 0.717) is 5.82 Å². The molecule has 0 fully saturated rings. The predicted octanol–water partition coefficient (Wildman–Crippen LogP) is 3.71. The number of benzene rings is 2. The van der Waals surface area contributed by atoms with Gasteiger partial charge in [-0.2, -0.15) is 9.78 Å². The first kappa shape index (κ1) is 15.0. The first-order valence-corrected chi connectivity index (χ1v) is 8.58. The molecule has 1 N–H and O–H groups in total. The lowest BCUT2D eigenvalue weighted by atomic mass is 10.1. The van der Waals surface area contributed by atoms with Gasteiger partial charge in [-0.25, -0.2) is 0 Å². The molecule has 2 heterocycles. The molecule has 4 rings (SSSR count). The molecular formula is C18H16N4OS. The van der Waals surface area contributed by atoms with Crippen LogP contribution in [0.25, 0.3) is 11.4 Å². The molecule has 0 saturated carbocycles. The molecule has 0 aliphatic carbocycles. The number of hydrogen-bond acceptors (Lipinski definition) is 5. The highest BCUT2D eigenvalue weighted by molar-refractivity contribution is 8.00. The zero-order chi connectivity index (χ0) is 16.7. The molecule has 0 radical (unpaired) electrons. The van der Waals surface area contributed by atoms with Crippen molar-refractivity contribution in [1.82, 2.24) is 14.9 Å². The third-order valence-corrected chi connectivity index (χ3v) is 5.02. The topological polar surface area (TPSA) is 63.3 Å². The lowest BCUT2D eigenvalue weighted by molar-refractivity contribution is 0.474. The molecule has 6 heteroatoms. The Kier molecular flexibility index (Phi) is 3.61. The normalized spacial score (nSPS) is 16.6. The number of aromatic hydroxyl groups is 1. The molecule has 120 valence electrons. The number of nitrogens with zero attached hydrogens (tertiary/aromatic N) is 4. The molecule has 0 amide bonds. The van der Waals surface area contributed by atoms with E-state index in [9.17, 15) is 5.11 Å². The second kappa shape index (κ2) is 5.79.